The Balaban J connectivity index is 1.71. The molecule has 1 N–H and O–H groups in total. The summed E-state index contributed by atoms with van der Waals surface area (Å²) in [5, 5.41) is 3.92. The van der Waals surface area contributed by atoms with E-state index in [2.05, 4.69) is 10.5 Å². The quantitative estimate of drug-likeness (QED) is 0.697. The molecule has 0 aliphatic carbocycles. The number of benzene rings is 2. The first-order valence-corrected chi connectivity index (χ1v) is 6.36. The zero-order valence-electron chi connectivity index (χ0n) is 11.0. The Morgan fingerprint density at radius 2 is 1.81 bits per heavy atom. The van der Waals surface area contributed by atoms with E-state index in [-0.39, 0.29) is 5.69 Å². The number of hydrogen-bond acceptors (Lipinski definition) is 4. The zero-order chi connectivity index (χ0) is 14.7. The predicted octanol–water partition coefficient (Wildman–Crippen LogP) is 3.18. The van der Waals surface area contributed by atoms with Crippen LogP contribution in [0.2, 0.25) is 0 Å². The third kappa shape index (κ3) is 3.10. The minimum atomic E-state index is -0.700. The maximum atomic E-state index is 13.4. The van der Waals surface area contributed by atoms with Gasteiger partial charge < -0.3 is 9.47 Å². The van der Waals surface area contributed by atoms with E-state index >= 15 is 0 Å². The normalized spacial score (nSPS) is 13.4. The van der Waals surface area contributed by atoms with Gasteiger partial charge in [0.1, 0.15) is 19.0 Å². The topological polar surface area (TPSA) is 42.9 Å². The monoisotopic (exact) mass is 290 g/mol. The van der Waals surface area contributed by atoms with Crippen LogP contribution in [0, 0.1) is 11.6 Å². The molecule has 0 amide bonds. The number of anilines is 1. The Hall–Kier alpha value is -2.63. The first-order chi connectivity index (χ1) is 10.2. The molecule has 2 aromatic carbocycles. The second-order valence-corrected chi connectivity index (χ2v) is 4.40. The van der Waals surface area contributed by atoms with E-state index in [1.165, 1.54) is 12.3 Å². The molecule has 0 spiro atoms. The van der Waals surface area contributed by atoms with Crippen LogP contribution >= 0.6 is 0 Å². The molecule has 21 heavy (non-hydrogen) atoms. The van der Waals surface area contributed by atoms with Gasteiger partial charge in [-0.3, -0.25) is 5.43 Å². The number of fused-ring (bicyclic) bond motifs is 1. The number of hydrogen-bond donors (Lipinski definition) is 1. The van der Waals surface area contributed by atoms with Gasteiger partial charge in [-0.25, -0.2) is 8.78 Å². The maximum Gasteiger partial charge on any atom is 0.162 e. The summed E-state index contributed by atoms with van der Waals surface area (Å²) in [6.07, 6.45) is 1.51. The van der Waals surface area contributed by atoms with E-state index in [0.29, 0.717) is 24.7 Å². The van der Waals surface area contributed by atoms with Gasteiger partial charge in [0.05, 0.1) is 11.9 Å². The second kappa shape index (κ2) is 5.78. The highest BCUT2D eigenvalue weighted by molar-refractivity contribution is 5.81. The average Bonchev–Trinajstić information content (AvgIpc) is 2.49. The van der Waals surface area contributed by atoms with Gasteiger partial charge in [-0.15, -0.1) is 0 Å². The lowest BCUT2D eigenvalue weighted by Gasteiger charge is -2.18. The van der Waals surface area contributed by atoms with Gasteiger partial charge in [0.15, 0.2) is 17.3 Å². The second-order valence-electron chi connectivity index (χ2n) is 4.40. The van der Waals surface area contributed by atoms with Gasteiger partial charge in [0, 0.05) is 6.07 Å². The van der Waals surface area contributed by atoms with Crippen molar-refractivity contribution >= 4 is 11.9 Å². The molecule has 0 radical (unpaired) electrons. The molecule has 2 aromatic rings. The van der Waals surface area contributed by atoms with Crippen molar-refractivity contribution in [2.75, 3.05) is 18.6 Å². The molecule has 6 heteroatoms. The van der Waals surface area contributed by atoms with E-state index in [0.717, 1.165) is 17.7 Å². The van der Waals surface area contributed by atoms with Gasteiger partial charge >= 0.3 is 0 Å². The third-order valence-corrected chi connectivity index (χ3v) is 2.90. The Bertz CT molecular complexity index is 689. The standard InChI is InChI=1S/C15H12F2N2O2/c16-11-2-3-13(12(17)8-11)19-18-9-10-1-4-14-15(7-10)21-6-5-20-14/h1-4,7-9,19H,5-6H2/b18-9-. The molecule has 0 bridgehead atoms. The number of nitrogens with one attached hydrogen (secondary N) is 1. The Labute approximate surface area is 120 Å². The molecule has 1 aliphatic heterocycles. The van der Waals surface area contributed by atoms with Crippen LogP contribution in [0.25, 0.3) is 0 Å². The molecular formula is C15H12F2N2O2. The summed E-state index contributed by atoms with van der Waals surface area (Å²) in [5.41, 5.74) is 3.40. The van der Waals surface area contributed by atoms with Crippen molar-refractivity contribution in [3.63, 3.8) is 0 Å². The Morgan fingerprint density at radius 3 is 2.62 bits per heavy atom. The van der Waals surface area contributed by atoms with Crippen molar-refractivity contribution in [1.82, 2.24) is 0 Å². The van der Waals surface area contributed by atoms with Crippen molar-refractivity contribution in [3.05, 3.63) is 53.6 Å². The molecule has 108 valence electrons. The highest BCUT2D eigenvalue weighted by atomic mass is 19.1. The van der Waals surface area contributed by atoms with E-state index in [9.17, 15) is 8.78 Å². The van der Waals surface area contributed by atoms with Crippen LogP contribution in [0.3, 0.4) is 0 Å². The lowest BCUT2D eigenvalue weighted by molar-refractivity contribution is 0.171. The highest BCUT2D eigenvalue weighted by Gasteiger charge is 2.10. The van der Waals surface area contributed by atoms with E-state index in [4.69, 9.17) is 9.47 Å². The molecule has 1 heterocycles. The molecule has 0 saturated carbocycles. The fraction of sp³-hybridized carbons (Fsp3) is 0.133. The van der Waals surface area contributed by atoms with Crippen molar-refractivity contribution < 1.29 is 18.3 Å². The van der Waals surface area contributed by atoms with E-state index in [1.54, 1.807) is 18.2 Å². The number of ether oxygens (including phenoxy) is 2. The van der Waals surface area contributed by atoms with Gasteiger partial charge in [-0.1, -0.05) is 0 Å². The number of nitrogens with zero attached hydrogens (tertiary/aromatic N) is 1. The Kier molecular flexibility index (Phi) is 3.68. The SMILES string of the molecule is Fc1ccc(N/N=C\c2ccc3c(c2)OCCO3)c(F)c1. The van der Waals surface area contributed by atoms with Crippen LogP contribution < -0.4 is 14.9 Å². The summed E-state index contributed by atoms with van der Waals surface area (Å²) in [7, 11) is 0. The number of halogens is 2. The third-order valence-electron chi connectivity index (χ3n) is 2.90. The molecule has 3 rings (SSSR count). The maximum absolute atomic E-state index is 13.4. The van der Waals surface area contributed by atoms with Crippen molar-refractivity contribution in [2.45, 2.75) is 0 Å². The molecule has 0 atom stereocenters. The van der Waals surface area contributed by atoms with Crippen LogP contribution in [0.15, 0.2) is 41.5 Å². The molecule has 0 unspecified atom stereocenters. The Morgan fingerprint density at radius 1 is 1.00 bits per heavy atom. The zero-order valence-corrected chi connectivity index (χ0v) is 11.0. The van der Waals surface area contributed by atoms with Gasteiger partial charge in [-0.05, 0) is 35.9 Å². The van der Waals surface area contributed by atoms with Gasteiger partial charge in [0.2, 0.25) is 0 Å². The summed E-state index contributed by atoms with van der Waals surface area (Å²) < 4.78 is 37.0. The summed E-state index contributed by atoms with van der Waals surface area (Å²) >= 11 is 0. The first kappa shape index (κ1) is 13.4. The fourth-order valence-electron chi connectivity index (χ4n) is 1.90. The lowest BCUT2D eigenvalue weighted by atomic mass is 10.2. The predicted molar refractivity (Wildman–Crippen MR) is 75.0 cm³/mol. The van der Waals surface area contributed by atoms with Crippen LogP contribution in [0.1, 0.15) is 5.56 Å². The van der Waals surface area contributed by atoms with Gasteiger partial charge in [0.25, 0.3) is 0 Å². The van der Waals surface area contributed by atoms with Crippen molar-refractivity contribution in [1.29, 1.82) is 0 Å². The van der Waals surface area contributed by atoms with Crippen LogP contribution in [-0.2, 0) is 0 Å². The lowest BCUT2D eigenvalue weighted by Crippen LogP contribution is -2.15. The highest BCUT2D eigenvalue weighted by Crippen LogP contribution is 2.30. The van der Waals surface area contributed by atoms with Crippen molar-refractivity contribution in [2.24, 2.45) is 5.10 Å². The smallest absolute Gasteiger partial charge is 0.162 e. The summed E-state index contributed by atoms with van der Waals surface area (Å²) in [5.74, 6) is 0.0114. The molecule has 1 aliphatic rings. The van der Waals surface area contributed by atoms with Crippen LogP contribution in [-0.4, -0.2) is 19.4 Å². The fourth-order valence-corrected chi connectivity index (χ4v) is 1.90. The van der Waals surface area contributed by atoms with E-state index < -0.39 is 11.6 Å². The molecule has 0 saturated heterocycles. The molecular weight excluding hydrogens is 278 g/mol. The first-order valence-electron chi connectivity index (χ1n) is 6.36. The number of hydrazone groups is 1. The number of rotatable bonds is 3. The molecule has 0 aromatic heterocycles. The summed E-state index contributed by atoms with van der Waals surface area (Å²) in [6, 6.07) is 8.60. The summed E-state index contributed by atoms with van der Waals surface area (Å²) in [6.45, 7) is 1.04. The van der Waals surface area contributed by atoms with E-state index in [1.807, 2.05) is 0 Å². The van der Waals surface area contributed by atoms with Crippen LogP contribution in [0.5, 0.6) is 11.5 Å². The summed E-state index contributed by atoms with van der Waals surface area (Å²) in [4.78, 5) is 0. The van der Waals surface area contributed by atoms with Gasteiger partial charge in [-0.2, -0.15) is 5.10 Å². The minimum absolute atomic E-state index is 0.102. The van der Waals surface area contributed by atoms with Crippen molar-refractivity contribution in [3.8, 4) is 11.5 Å². The van der Waals surface area contributed by atoms with Crippen LogP contribution in [0.4, 0.5) is 14.5 Å². The molecule has 0 fully saturated rings. The minimum Gasteiger partial charge on any atom is -0.486 e. The average molecular weight is 290 g/mol. The molecule has 4 nitrogen and oxygen atoms in total. The largest absolute Gasteiger partial charge is 0.486 e.